The van der Waals surface area contributed by atoms with Gasteiger partial charge in [0.2, 0.25) is 5.91 Å². The van der Waals surface area contributed by atoms with E-state index in [0.717, 1.165) is 16.2 Å². The third kappa shape index (κ3) is 5.09. The number of nitrogen functional groups attached to an aromatic ring is 1. The van der Waals surface area contributed by atoms with E-state index in [-0.39, 0.29) is 5.57 Å². The quantitative estimate of drug-likeness (QED) is 0.463. The van der Waals surface area contributed by atoms with Gasteiger partial charge in [0.05, 0.1) is 12.8 Å². The summed E-state index contributed by atoms with van der Waals surface area (Å²) in [5, 5.41) is 12.3. The smallest absolute Gasteiger partial charge is 0.277 e. The summed E-state index contributed by atoms with van der Waals surface area (Å²) >= 11 is 0. The molecule has 2 amide bonds. The van der Waals surface area contributed by atoms with Crippen molar-refractivity contribution in [3.8, 4) is 11.8 Å². The summed E-state index contributed by atoms with van der Waals surface area (Å²) in [5.41, 5.74) is 7.24. The van der Waals surface area contributed by atoms with Gasteiger partial charge in [0.15, 0.2) is 0 Å². The number of anilines is 2. The molecule has 0 spiro atoms. The molecule has 0 aliphatic heterocycles. The van der Waals surface area contributed by atoms with E-state index in [1.54, 1.807) is 31.4 Å². The van der Waals surface area contributed by atoms with Crippen molar-refractivity contribution < 1.29 is 14.3 Å². The van der Waals surface area contributed by atoms with Crippen molar-refractivity contribution in [2.45, 2.75) is 13.5 Å². The van der Waals surface area contributed by atoms with E-state index in [4.69, 9.17) is 10.5 Å². The van der Waals surface area contributed by atoms with Gasteiger partial charge in [0.25, 0.3) is 5.91 Å². The van der Waals surface area contributed by atoms with Crippen molar-refractivity contribution in [1.29, 1.82) is 5.26 Å². The third-order valence-corrected chi connectivity index (χ3v) is 3.73. The monoisotopic (exact) mass is 364 g/mol. The third-order valence-electron chi connectivity index (χ3n) is 3.73. The van der Waals surface area contributed by atoms with Crippen molar-refractivity contribution in [3.05, 3.63) is 65.9 Å². The van der Waals surface area contributed by atoms with Crippen LogP contribution >= 0.6 is 0 Å². The zero-order valence-corrected chi connectivity index (χ0v) is 15.1. The summed E-state index contributed by atoms with van der Waals surface area (Å²) in [6.07, 6.45) is 1.31. The number of methoxy groups -OCH3 is 1. The molecule has 0 bridgehead atoms. The molecule has 0 saturated heterocycles. The molecule has 138 valence electrons. The fourth-order valence-corrected chi connectivity index (χ4v) is 2.34. The van der Waals surface area contributed by atoms with Gasteiger partial charge in [0, 0.05) is 25.4 Å². The molecular formula is C20H20N4O3. The summed E-state index contributed by atoms with van der Waals surface area (Å²) in [5.74, 6) is -0.471. The van der Waals surface area contributed by atoms with Crippen LogP contribution in [0.15, 0.2) is 60.3 Å². The van der Waals surface area contributed by atoms with Crippen LogP contribution in [0.3, 0.4) is 0 Å². The van der Waals surface area contributed by atoms with Gasteiger partial charge in [-0.1, -0.05) is 12.1 Å². The molecule has 2 aromatic carbocycles. The van der Waals surface area contributed by atoms with E-state index < -0.39 is 11.8 Å². The van der Waals surface area contributed by atoms with Crippen LogP contribution in [0, 0.1) is 11.3 Å². The topological polar surface area (TPSA) is 108 Å². The Morgan fingerprint density at radius 2 is 1.81 bits per heavy atom. The summed E-state index contributed by atoms with van der Waals surface area (Å²) in [7, 11) is 1.59. The number of rotatable bonds is 6. The average molecular weight is 364 g/mol. The van der Waals surface area contributed by atoms with Gasteiger partial charge >= 0.3 is 0 Å². The number of hydrogen-bond acceptors (Lipinski definition) is 6. The highest BCUT2D eigenvalue weighted by Crippen LogP contribution is 2.19. The zero-order chi connectivity index (χ0) is 19.8. The van der Waals surface area contributed by atoms with Gasteiger partial charge in [-0.05, 0) is 42.0 Å². The number of imide groups is 1. The lowest BCUT2D eigenvalue weighted by molar-refractivity contribution is -0.123. The van der Waals surface area contributed by atoms with E-state index in [1.165, 1.54) is 13.1 Å². The molecule has 2 aromatic rings. The molecule has 0 saturated carbocycles. The predicted octanol–water partition coefficient (Wildman–Crippen LogP) is 2.35. The fourth-order valence-electron chi connectivity index (χ4n) is 2.34. The Labute approximate surface area is 157 Å². The number of benzene rings is 2. The Kier molecular flexibility index (Phi) is 6.55. The number of nitriles is 1. The molecule has 0 aliphatic carbocycles. The van der Waals surface area contributed by atoms with Gasteiger partial charge in [0.1, 0.15) is 17.4 Å². The fraction of sp³-hybridized carbons (Fsp3) is 0.150. The molecule has 0 unspecified atom stereocenters. The summed E-state index contributed by atoms with van der Waals surface area (Å²) in [6, 6.07) is 15.5. The molecule has 0 aromatic heterocycles. The van der Waals surface area contributed by atoms with E-state index in [0.29, 0.717) is 17.9 Å². The maximum absolute atomic E-state index is 12.7. The number of ether oxygens (including phenoxy) is 1. The molecule has 2 rings (SSSR count). The number of amides is 2. The molecule has 0 aliphatic rings. The highest BCUT2D eigenvalue weighted by atomic mass is 16.5. The first kappa shape index (κ1) is 19.5. The minimum absolute atomic E-state index is 0.185. The lowest BCUT2D eigenvalue weighted by atomic mass is 10.2. The highest BCUT2D eigenvalue weighted by Gasteiger charge is 2.23. The number of nitrogens with one attached hydrogen (secondary N) is 1. The Hall–Kier alpha value is -3.79. The number of nitrogens with two attached hydrogens (primary N) is 1. The molecule has 0 atom stereocenters. The second-order valence-electron chi connectivity index (χ2n) is 5.65. The van der Waals surface area contributed by atoms with Crippen LogP contribution in [0.4, 0.5) is 11.4 Å². The van der Waals surface area contributed by atoms with Crippen LogP contribution in [0.5, 0.6) is 5.75 Å². The Bertz CT molecular complexity index is 881. The second kappa shape index (κ2) is 9.06. The SMILES string of the molecule is COc1ccc(CN/C=C(/C#N)C(=O)N(C(C)=O)c2ccc(N)cc2)cc1. The molecule has 0 heterocycles. The van der Waals surface area contributed by atoms with Crippen LogP contribution in [0.2, 0.25) is 0 Å². The number of carbonyl (C=O) groups excluding carboxylic acids is 2. The first-order chi connectivity index (χ1) is 13.0. The second-order valence-corrected chi connectivity index (χ2v) is 5.65. The number of nitrogens with zero attached hydrogens (tertiary/aromatic N) is 2. The Morgan fingerprint density at radius 3 is 2.33 bits per heavy atom. The molecule has 0 fully saturated rings. The Morgan fingerprint density at radius 1 is 1.19 bits per heavy atom. The normalized spacial score (nSPS) is 10.6. The lowest BCUT2D eigenvalue weighted by Gasteiger charge is -2.19. The highest BCUT2D eigenvalue weighted by molar-refractivity contribution is 6.21. The lowest BCUT2D eigenvalue weighted by Crippen LogP contribution is -2.36. The molecule has 3 N–H and O–H groups in total. The Balaban J connectivity index is 2.14. The van der Waals surface area contributed by atoms with E-state index in [9.17, 15) is 14.9 Å². The minimum atomic E-state index is -0.711. The minimum Gasteiger partial charge on any atom is -0.497 e. The van der Waals surface area contributed by atoms with Crippen molar-refractivity contribution in [1.82, 2.24) is 5.32 Å². The maximum atomic E-state index is 12.7. The van der Waals surface area contributed by atoms with Crippen molar-refractivity contribution in [2.24, 2.45) is 0 Å². The van der Waals surface area contributed by atoms with Crippen LogP contribution in [0.25, 0.3) is 0 Å². The van der Waals surface area contributed by atoms with E-state index >= 15 is 0 Å². The van der Waals surface area contributed by atoms with Crippen molar-refractivity contribution in [2.75, 3.05) is 17.7 Å². The van der Waals surface area contributed by atoms with Gasteiger partial charge < -0.3 is 15.8 Å². The van der Waals surface area contributed by atoms with Crippen molar-refractivity contribution >= 4 is 23.2 Å². The standard InChI is InChI=1S/C20H20N4O3/c1-14(25)24(18-7-5-17(22)6-8-18)20(26)16(11-21)13-23-12-15-3-9-19(27-2)10-4-15/h3-10,13,23H,12,22H2,1-2H3/b16-13-. The maximum Gasteiger partial charge on any atom is 0.277 e. The van der Waals surface area contributed by atoms with Gasteiger partial charge in [-0.2, -0.15) is 5.26 Å². The molecule has 7 nitrogen and oxygen atoms in total. The van der Waals surface area contributed by atoms with Gasteiger partial charge in [-0.15, -0.1) is 0 Å². The number of hydrogen-bond donors (Lipinski definition) is 2. The van der Waals surface area contributed by atoms with Gasteiger partial charge in [-0.3, -0.25) is 9.59 Å². The predicted molar refractivity (Wildman–Crippen MR) is 103 cm³/mol. The molecule has 7 heteroatoms. The molecule has 0 radical (unpaired) electrons. The van der Waals surface area contributed by atoms with Crippen LogP contribution in [0.1, 0.15) is 12.5 Å². The van der Waals surface area contributed by atoms with E-state index in [1.807, 2.05) is 30.3 Å². The first-order valence-electron chi connectivity index (χ1n) is 8.13. The van der Waals surface area contributed by atoms with Gasteiger partial charge in [-0.25, -0.2) is 4.90 Å². The first-order valence-corrected chi connectivity index (χ1v) is 8.13. The number of carbonyl (C=O) groups is 2. The van der Waals surface area contributed by atoms with Crippen LogP contribution in [-0.2, 0) is 16.1 Å². The molecule has 27 heavy (non-hydrogen) atoms. The summed E-state index contributed by atoms with van der Waals surface area (Å²) in [6.45, 7) is 1.67. The average Bonchev–Trinajstić information content (AvgIpc) is 2.67. The summed E-state index contributed by atoms with van der Waals surface area (Å²) < 4.78 is 5.09. The van der Waals surface area contributed by atoms with Crippen LogP contribution in [-0.4, -0.2) is 18.9 Å². The largest absolute Gasteiger partial charge is 0.497 e. The van der Waals surface area contributed by atoms with E-state index in [2.05, 4.69) is 5.32 Å². The molecular weight excluding hydrogens is 344 g/mol. The van der Waals surface area contributed by atoms with Crippen molar-refractivity contribution in [3.63, 3.8) is 0 Å². The summed E-state index contributed by atoms with van der Waals surface area (Å²) in [4.78, 5) is 25.5. The zero-order valence-electron chi connectivity index (χ0n) is 15.1. The van der Waals surface area contributed by atoms with Crippen LogP contribution < -0.4 is 20.7 Å².